The molecule has 0 amide bonds. The van der Waals surface area contributed by atoms with Crippen LogP contribution in [0.2, 0.25) is 5.02 Å². The molecule has 25 heavy (non-hydrogen) atoms. The van der Waals surface area contributed by atoms with E-state index in [1.165, 1.54) is 12.8 Å². The van der Waals surface area contributed by atoms with Crippen molar-refractivity contribution in [1.29, 1.82) is 0 Å². The van der Waals surface area contributed by atoms with Gasteiger partial charge in [0.15, 0.2) is 0 Å². The third-order valence-corrected chi connectivity index (χ3v) is 6.46. The molecule has 0 bridgehead atoms. The van der Waals surface area contributed by atoms with Crippen molar-refractivity contribution >= 4 is 22.5 Å². The number of nitrogens with zero attached hydrogens (tertiary/aromatic N) is 2. The van der Waals surface area contributed by atoms with Gasteiger partial charge in [0.1, 0.15) is 0 Å². The number of likely N-dealkylation sites (tertiary alicyclic amines) is 1. The van der Waals surface area contributed by atoms with Gasteiger partial charge in [0.2, 0.25) is 0 Å². The summed E-state index contributed by atoms with van der Waals surface area (Å²) >= 11 is 6.58. The predicted octanol–water partition coefficient (Wildman–Crippen LogP) is 3.75. The van der Waals surface area contributed by atoms with Crippen LogP contribution in [0.4, 0.5) is 0 Å². The average molecular weight is 362 g/mol. The van der Waals surface area contributed by atoms with Gasteiger partial charge in [0.05, 0.1) is 18.2 Å². The molecule has 0 spiro atoms. The number of aromatic nitrogens is 1. The molecule has 1 aromatic carbocycles. The number of para-hydroxylation sites is 1. The lowest BCUT2D eigenvalue weighted by atomic mass is 9.89. The highest BCUT2D eigenvalue weighted by Gasteiger charge is 2.28. The largest absolute Gasteiger partial charge is 0.379 e. The zero-order chi connectivity index (χ0) is 17.2. The summed E-state index contributed by atoms with van der Waals surface area (Å²) in [5.41, 5.74) is 2.29. The van der Waals surface area contributed by atoms with E-state index in [0.29, 0.717) is 6.04 Å². The first-order valence-corrected chi connectivity index (χ1v) is 9.89. The molecule has 5 heteroatoms. The van der Waals surface area contributed by atoms with Crippen LogP contribution >= 0.6 is 11.6 Å². The van der Waals surface area contributed by atoms with E-state index in [-0.39, 0.29) is 0 Å². The number of ether oxygens (including phenoxy) is 1. The van der Waals surface area contributed by atoms with Gasteiger partial charge in [-0.05, 0) is 44.8 Å². The van der Waals surface area contributed by atoms with Crippen LogP contribution < -0.4 is 0 Å². The number of halogens is 1. The van der Waals surface area contributed by atoms with Gasteiger partial charge in [-0.15, -0.1) is 0 Å². The number of rotatable bonds is 4. The molecule has 3 heterocycles. The van der Waals surface area contributed by atoms with Crippen LogP contribution in [0.25, 0.3) is 10.9 Å². The van der Waals surface area contributed by atoms with E-state index in [9.17, 15) is 0 Å². The average Bonchev–Trinajstić information content (AvgIpc) is 2.98. The zero-order valence-electron chi connectivity index (χ0n) is 15.0. The smallest absolute Gasteiger partial charge is 0.0705 e. The van der Waals surface area contributed by atoms with Gasteiger partial charge in [-0.25, -0.2) is 0 Å². The van der Waals surface area contributed by atoms with E-state index in [4.69, 9.17) is 16.3 Å². The summed E-state index contributed by atoms with van der Waals surface area (Å²) in [4.78, 5) is 8.65. The lowest BCUT2D eigenvalue weighted by Gasteiger charge is -2.41. The molecule has 0 aliphatic carbocycles. The van der Waals surface area contributed by atoms with Crippen molar-refractivity contribution in [2.45, 2.75) is 32.4 Å². The van der Waals surface area contributed by atoms with Crippen LogP contribution in [-0.4, -0.2) is 60.2 Å². The summed E-state index contributed by atoms with van der Waals surface area (Å²) < 4.78 is 5.49. The number of nitrogens with one attached hydrogen (secondary N) is 1. The van der Waals surface area contributed by atoms with Gasteiger partial charge in [-0.3, -0.25) is 9.80 Å². The van der Waals surface area contributed by atoms with Crippen LogP contribution in [0, 0.1) is 5.92 Å². The van der Waals surface area contributed by atoms with Crippen LogP contribution in [0.5, 0.6) is 0 Å². The van der Waals surface area contributed by atoms with E-state index in [1.807, 2.05) is 6.07 Å². The summed E-state index contributed by atoms with van der Waals surface area (Å²) in [6.45, 7) is 9.60. The minimum Gasteiger partial charge on any atom is -0.379 e. The Balaban J connectivity index is 1.34. The first-order chi connectivity index (χ1) is 12.2. The standard InChI is InChI=1S/C20H28ClN3O/c1-15(24-10-12-25-13-11-24)16-6-8-23(9-7-16)14-19-20(21)17-4-2-3-5-18(17)22-19/h2-5,15-16,22H,6-14H2,1H3/t15-/m0/s1. The Labute approximate surface area is 155 Å². The molecule has 0 unspecified atom stereocenters. The fourth-order valence-corrected chi connectivity index (χ4v) is 4.64. The van der Waals surface area contributed by atoms with E-state index < -0.39 is 0 Å². The first kappa shape index (κ1) is 17.3. The van der Waals surface area contributed by atoms with Crippen molar-refractivity contribution in [3.05, 3.63) is 35.0 Å². The van der Waals surface area contributed by atoms with Crippen molar-refractivity contribution in [2.24, 2.45) is 5.92 Å². The second-order valence-corrected chi connectivity index (χ2v) is 7.84. The lowest BCUT2D eigenvalue weighted by molar-refractivity contribution is -0.00197. The number of benzene rings is 1. The molecular formula is C20H28ClN3O. The zero-order valence-corrected chi connectivity index (χ0v) is 15.8. The van der Waals surface area contributed by atoms with Crippen LogP contribution in [-0.2, 0) is 11.3 Å². The normalized spacial score (nSPS) is 22.5. The van der Waals surface area contributed by atoms with Crippen molar-refractivity contribution < 1.29 is 4.74 Å². The number of hydrogen-bond donors (Lipinski definition) is 1. The Hall–Kier alpha value is -1.07. The number of morpholine rings is 1. The quantitative estimate of drug-likeness (QED) is 0.899. The van der Waals surface area contributed by atoms with Gasteiger partial charge >= 0.3 is 0 Å². The monoisotopic (exact) mass is 361 g/mol. The van der Waals surface area contributed by atoms with Crippen LogP contribution in [0.15, 0.2) is 24.3 Å². The number of piperidine rings is 1. The van der Waals surface area contributed by atoms with Crippen LogP contribution in [0.1, 0.15) is 25.5 Å². The third-order valence-electron chi connectivity index (χ3n) is 6.03. The van der Waals surface area contributed by atoms with E-state index in [2.05, 4.69) is 39.9 Å². The van der Waals surface area contributed by atoms with Gasteiger partial charge < -0.3 is 9.72 Å². The SMILES string of the molecule is C[C@@H](C1CCN(Cc2[nH]c3ccccc3c2Cl)CC1)N1CCOCC1. The Morgan fingerprint density at radius 3 is 2.60 bits per heavy atom. The second-order valence-electron chi connectivity index (χ2n) is 7.47. The van der Waals surface area contributed by atoms with Crippen LogP contribution in [0.3, 0.4) is 0 Å². The molecule has 2 aliphatic rings. The van der Waals surface area contributed by atoms with E-state index >= 15 is 0 Å². The number of H-pyrrole nitrogens is 1. The number of fused-ring (bicyclic) bond motifs is 1. The maximum absolute atomic E-state index is 6.58. The van der Waals surface area contributed by atoms with Crippen molar-refractivity contribution in [3.63, 3.8) is 0 Å². The molecule has 0 radical (unpaired) electrons. The second kappa shape index (κ2) is 7.67. The molecule has 2 saturated heterocycles. The van der Waals surface area contributed by atoms with E-state index in [1.54, 1.807) is 0 Å². The Morgan fingerprint density at radius 2 is 1.88 bits per heavy atom. The fourth-order valence-electron chi connectivity index (χ4n) is 4.37. The van der Waals surface area contributed by atoms with Gasteiger partial charge in [-0.2, -0.15) is 0 Å². The molecule has 2 aliphatic heterocycles. The fraction of sp³-hybridized carbons (Fsp3) is 0.600. The summed E-state index contributed by atoms with van der Waals surface area (Å²) in [5, 5.41) is 2.02. The molecule has 0 saturated carbocycles. The van der Waals surface area contributed by atoms with Crippen molar-refractivity contribution in [3.8, 4) is 0 Å². The minimum absolute atomic E-state index is 0.669. The summed E-state index contributed by atoms with van der Waals surface area (Å²) in [6.07, 6.45) is 2.55. The summed E-state index contributed by atoms with van der Waals surface area (Å²) in [6, 6.07) is 8.96. The number of aromatic amines is 1. The highest BCUT2D eigenvalue weighted by molar-refractivity contribution is 6.36. The molecule has 136 valence electrons. The lowest BCUT2D eigenvalue weighted by Crippen LogP contribution is -2.48. The van der Waals surface area contributed by atoms with Crippen molar-refractivity contribution in [1.82, 2.24) is 14.8 Å². The molecule has 1 aromatic heterocycles. The Morgan fingerprint density at radius 1 is 1.16 bits per heavy atom. The Kier molecular flexibility index (Phi) is 5.32. The molecule has 4 rings (SSSR count). The minimum atomic E-state index is 0.669. The molecule has 4 nitrogen and oxygen atoms in total. The molecule has 2 aromatic rings. The summed E-state index contributed by atoms with van der Waals surface area (Å²) in [7, 11) is 0. The van der Waals surface area contributed by atoms with Gasteiger partial charge in [0.25, 0.3) is 0 Å². The highest BCUT2D eigenvalue weighted by atomic mass is 35.5. The topological polar surface area (TPSA) is 31.5 Å². The number of hydrogen-bond acceptors (Lipinski definition) is 3. The molecule has 2 fully saturated rings. The first-order valence-electron chi connectivity index (χ1n) is 9.51. The van der Waals surface area contributed by atoms with Gasteiger partial charge in [0, 0.05) is 42.3 Å². The molecular weight excluding hydrogens is 334 g/mol. The maximum atomic E-state index is 6.58. The summed E-state index contributed by atoms with van der Waals surface area (Å²) in [5.74, 6) is 0.799. The van der Waals surface area contributed by atoms with Crippen molar-refractivity contribution in [2.75, 3.05) is 39.4 Å². The Bertz CT molecular complexity index is 702. The third kappa shape index (κ3) is 3.72. The highest BCUT2D eigenvalue weighted by Crippen LogP contribution is 2.30. The molecule has 1 N–H and O–H groups in total. The molecule has 1 atom stereocenters. The van der Waals surface area contributed by atoms with Gasteiger partial charge in [-0.1, -0.05) is 29.8 Å². The predicted molar refractivity (Wildman–Crippen MR) is 103 cm³/mol. The maximum Gasteiger partial charge on any atom is 0.0705 e. The van der Waals surface area contributed by atoms with E-state index in [0.717, 1.165) is 73.5 Å².